The molecule has 0 amide bonds. The van der Waals surface area contributed by atoms with Crippen molar-refractivity contribution in [2.75, 3.05) is 13.7 Å². The van der Waals surface area contributed by atoms with Crippen LogP contribution in [0, 0.1) is 10.7 Å². The van der Waals surface area contributed by atoms with Crippen LogP contribution in [-0.2, 0) is 13.2 Å². The fourth-order valence-corrected chi connectivity index (χ4v) is 2.89. The lowest BCUT2D eigenvalue weighted by Gasteiger charge is -2.13. The maximum atomic E-state index is 13.0. The van der Waals surface area contributed by atoms with Gasteiger partial charge in [-0.15, -0.1) is 5.10 Å². The minimum Gasteiger partial charge on any atom is -0.493 e. The standard InChI is InChI=1S/C19H20FN3O2S/c1-3-24-17-7-5-4-6-16(17)18-21-23(19(26)25-18)13-22(2)12-14-8-10-15(20)11-9-14/h4-11H,3,12-13H2,1-2H3/p+1. The smallest absolute Gasteiger partial charge is 0.292 e. The average molecular weight is 374 g/mol. The van der Waals surface area contributed by atoms with Gasteiger partial charge in [0.2, 0.25) is 0 Å². The fraction of sp³-hybridized carbons (Fsp3) is 0.263. The van der Waals surface area contributed by atoms with Crippen molar-refractivity contribution in [3.05, 3.63) is 64.7 Å². The molecule has 1 unspecified atom stereocenters. The van der Waals surface area contributed by atoms with Crippen molar-refractivity contribution in [3.63, 3.8) is 0 Å². The summed E-state index contributed by atoms with van der Waals surface area (Å²) in [5.74, 6) is 0.918. The van der Waals surface area contributed by atoms with Crippen LogP contribution in [0.5, 0.6) is 5.75 Å². The second-order valence-electron chi connectivity index (χ2n) is 6.02. The van der Waals surface area contributed by atoms with Gasteiger partial charge in [0, 0.05) is 5.56 Å². The fourth-order valence-electron chi connectivity index (χ4n) is 2.70. The summed E-state index contributed by atoms with van der Waals surface area (Å²) in [7, 11) is 2.02. The summed E-state index contributed by atoms with van der Waals surface area (Å²) in [5, 5.41) is 4.50. The highest BCUT2D eigenvalue weighted by molar-refractivity contribution is 7.71. The number of rotatable bonds is 7. The molecule has 0 aliphatic heterocycles. The molecule has 1 N–H and O–H groups in total. The van der Waals surface area contributed by atoms with Crippen molar-refractivity contribution < 1.29 is 18.4 Å². The van der Waals surface area contributed by atoms with Gasteiger partial charge in [-0.2, -0.15) is 4.68 Å². The minimum absolute atomic E-state index is 0.234. The molecule has 0 aliphatic carbocycles. The molecule has 3 aromatic rings. The van der Waals surface area contributed by atoms with E-state index in [0.29, 0.717) is 29.8 Å². The molecule has 0 aliphatic rings. The average Bonchev–Trinajstić information content (AvgIpc) is 2.98. The van der Waals surface area contributed by atoms with Gasteiger partial charge in [0.1, 0.15) is 18.1 Å². The molecule has 5 nitrogen and oxygen atoms in total. The summed E-state index contributed by atoms with van der Waals surface area (Å²) in [6.45, 7) is 3.75. The van der Waals surface area contributed by atoms with Crippen LogP contribution in [0.1, 0.15) is 12.5 Å². The lowest BCUT2D eigenvalue weighted by Crippen LogP contribution is -3.07. The molecule has 136 valence electrons. The third-order valence-electron chi connectivity index (χ3n) is 3.86. The second kappa shape index (κ2) is 8.25. The highest BCUT2D eigenvalue weighted by Gasteiger charge is 2.15. The number of hydrogen-bond donors (Lipinski definition) is 1. The number of hydrogen-bond acceptors (Lipinski definition) is 4. The predicted octanol–water partition coefficient (Wildman–Crippen LogP) is 3.08. The van der Waals surface area contributed by atoms with Crippen molar-refractivity contribution in [3.8, 4) is 17.2 Å². The van der Waals surface area contributed by atoms with Crippen LogP contribution in [0.2, 0.25) is 0 Å². The van der Waals surface area contributed by atoms with Crippen molar-refractivity contribution in [2.45, 2.75) is 20.1 Å². The molecule has 26 heavy (non-hydrogen) atoms. The van der Waals surface area contributed by atoms with Crippen molar-refractivity contribution in [1.29, 1.82) is 0 Å². The first-order chi connectivity index (χ1) is 12.6. The van der Waals surface area contributed by atoms with E-state index in [0.717, 1.165) is 22.6 Å². The van der Waals surface area contributed by atoms with Crippen LogP contribution in [-0.4, -0.2) is 23.4 Å². The van der Waals surface area contributed by atoms with Gasteiger partial charge in [-0.05, 0) is 43.4 Å². The Morgan fingerprint density at radius 3 is 2.65 bits per heavy atom. The number of halogens is 1. The topological polar surface area (TPSA) is 44.6 Å². The third kappa shape index (κ3) is 4.36. The van der Waals surface area contributed by atoms with Gasteiger partial charge < -0.3 is 14.1 Å². The first-order valence-electron chi connectivity index (χ1n) is 8.42. The number of ether oxygens (including phenoxy) is 1. The molecule has 1 heterocycles. The Balaban J connectivity index is 1.76. The number of nitrogens with zero attached hydrogens (tertiary/aromatic N) is 2. The maximum absolute atomic E-state index is 13.0. The van der Waals surface area contributed by atoms with Crippen LogP contribution in [0.4, 0.5) is 4.39 Å². The maximum Gasteiger partial charge on any atom is 0.292 e. The molecule has 0 bridgehead atoms. The van der Waals surface area contributed by atoms with Crippen molar-refractivity contribution in [1.82, 2.24) is 9.78 Å². The predicted molar refractivity (Wildman–Crippen MR) is 98.9 cm³/mol. The van der Waals surface area contributed by atoms with E-state index in [2.05, 4.69) is 5.10 Å². The van der Waals surface area contributed by atoms with Gasteiger partial charge in [-0.1, -0.05) is 24.3 Å². The van der Waals surface area contributed by atoms with Crippen LogP contribution in [0.15, 0.2) is 52.9 Å². The van der Waals surface area contributed by atoms with E-state index in [1.165, 1.54) is 12.1 Å². The molecule has 0 radical (unpaired) electrons. The summed E-state index contributed by atoms with van der Waals surface area (Å²) in [5.41, 5.74) is 1.82. The molecular weight excluding hydrogens is 353 g/mol. The molecular formula is C19H21FN3O2S+. The summed E-state index contributed by atoms with van der Waals surface area (Å²) < 4.78 is 26.0. The van der Waals surface area contributed by atoms with Gasteiger partial charge in [0.25, 0.3) is 10.7 Å². The van der Waals surface area contributed by atoms with E-state index < -0.39 is 0 Å². The van der Waals surface area contributed by atoms with E-state index in [1.807, 2.05) is 38.2 Å². The first-order valence-corrected chi connectivity index (χ1v) is 8.83. The molecule has 0 saturated carbocycles. The minimum atomic E-state index is -0.234. The van der Waals surface area contributed by atoms with Gasteiger partial charge in [0.05, 0.1) is 19.2 Å². The van der Waals surface area contributed by atoms with Crippen LogP contribution in [0.25, 0.3) is 11.5 Å². The van der Waals surface area contributed by atoms with E-state index in [1.54, 1.807) is 16.8 Å². The molecule has 1 aromatic heterocycles. The van der Waals surface area contributed by atoms with Gasteiger partial charge >= 0.3 is 0 Å². The van der Waals surface area contributed by atoms with Crippen molar-refractivity contribution in [2.24, 2.45) is 0 Å². The lowest BCUT2D eigenvalue weighted by molar-refractivity contribution is -0.917. The highest BCUT2D eigenvalue weighted by Crippen LogP contribution is 2.28. The molecule has 0 spiro atoms. The zero-order chi connectivity index (χ0) is 18.5. The zero-order valence-corrected chi connectivity index (χ0v) is 15.6. The third-order valence-corrected chi connectivity index (χ3v) is 4.16. The number of nitrogens with one attached hydrogen (secondary N) is 1. The number of benzene rings is 2. The van der Waals surface area contributed by atoms with Gasteiger partial charge in [0.15, 0.2) is 6.67 Å². The Labute approximate surface area is 156 Å². The monoisotopic (exact) mass is 374 g/mol. The summed E-state index contributed by atoms with van der Waals surface area (Å²) in [4.78, 5) is 1.45. The lowest BCUT2D eigenvalue weighted by atomic mass is 10.2. The van der Waals surface area contributed by atoms with Crippen molar-refractivity contribution >= 4 is 12.2 Å². The summed E-state index contributed by atoms with van der Waals surface area (Å²) >= 11 is 5.31. The molecule has 2 aromatic carbocycles. The Kier molecular flexibility index (Phi) is 5.80. The summed E-state index contributed by atoms with van der Waals surface area (Å²) in [6.07, 6.45) is 0. The van der Waals surface area contributed by atoms with Crippen LogP contribution in [0.3, 0.4) is 0 Å². The van der Waals surface area contributed by atoms with E-state index >= 15 is 0 Å². The van der Waals surface area contributed by atoms with Crippen LogP contribution < -0.4 is 9.64 Å². The molecule has 1 atom stereocenters. The Morgan fingerprint density at radius 1 is 1.19 bits per heavy atom. The SMILES string of the molecule is CCOc1ccccc1-c1nn(C[NH+](C)Cc2ccc(F)cc2)c(=S)o1. The quantitative estimate of drug-likeness (QED) is 0.646. The van der Waals surface area contributed by atoms with Gasteiger partial charge in [-0.25, -0.2) is 4.39 Å². The Hall–Kier alpha value is -2.51. The van der Waals surface area contributed by atoms with E-state index in [-0.39, 0.29) is 5.82 Å². The second-order valence-corrected chi connectivity index (χ2v) is 6.37. The van der Waals surface area contributed by atoms with E-state index in [4.69, 9.17) is 21.4 Å². The number of quaternary nitrogens is 1. The largest absolute Gasteiger partial charge is 0.493 e. The van der Waals surface area contributed by atoms with Crippen LogP contribution >= 0.6 is 12.2 Å². The zero-order valence-electron chi connectivity index (χ0n) is 14.7. The molecule has 3 rings (SSSR count). The molecule has 0 fully saturated rings. The Bertz CT molecular complexity index is 921. The molecule has 0 saturated heterocycles. The Morgan fingerprint density at radius 2 is 1.92 bits per heavy atom. The molecule has 7 heteroatoms. The van der Waals surface area contributed by atoms with E-state index in [9.17, 15) is 4.39 Å². The van der Waals surface area contributed by atoms with Gasteiger partial charge in [-0.3, -0.25) is 0 Å². The summed E-state index contributed by atoms with van der Waals surface area (Å²) in [6, 6.07) is 14.1. The highest BCUT2D eigenvalue weighted by atomic mass is 32.1. The number of para-hydroxylation sites is 1. The number of aromatic nitrogens is 2. The normalized spacial score (nSPS) is 12.1. The first kappa shape index (κ1) is 18.3.